The normalized spacial score (nSPS) is 10.5. The standard InChI is InChI=1S/C26H29N3O2/c1-3-4-5-6-9-16-31-20-14-12-19(13-15-20)22-17-24(29-26(28)23(22)18-27)21-10-7-8-11-25(21)30-2/h7-8,10-15,17H,3-6,9,16H2,1-2H3,(H2,28,29). The number of aromatic nitrogens is 1. The van der Waals surface area contributed by atoms with Crippen molar-refractivity contribution < 1.29 is 9.47 Å². The van der Waals surface area contributed by atoms with E-state index in [2.05, 4.69) is 18.0 Å². The average molecular weight is 416 g/mol. The third kappa shape index (κ3) is 5.55. The second-order valence-corrected chi connectivity index (χ2v) is 7.41. The third-order valence-corrected chi connectivity index (χ3v) is 5.22. The summed E-state index contributed by atoms with van der Waals surface area (Å²) >= 11 is 0. The topological polar surface area (TPSA) is 81.2 Å². The van der Waals surface area contributed by atoms with Gasteiger partial charge in [-0.05, 0) is 42.3 Å². The second-order valence-electron chi connectivity index (χ2n) is 7.41. The van der Waals surface area contributed by atoms with Gasteiger partial charge in [-0.1, -0.05) is 56.9 Å². The van der Waals surface area contributed by atoms with E-state index in [-0.39, 0.29) is 5.82 Å². The number of nitrogens with two attached hydrogens (primary N) is 1. The minimum absolute atomic E-state index is 0.202. The van der Waals surface area contributed by atoms with Gasteiger partial charge < -0.3 is 15.2 Å². The van der Waals surface area contributed by atoms with Crippen molar-refractivity contribution in [2.24, 2.45) is 0 Å². The van der Waals surface area contributed by atoms with Crippen molar-refractivity contribution in [3.8, 4) is 40.0 Å². The van der Waals surface area contributed by atoms with E-state index in [1.165, 1.54) is 25.7 Å². The molecule has 5 heteroatoms. The highest BCUT2D eigenvalue weighted by Gasteiger charge is 2.15. The van der Waals surface area contributed by atoms with Gasteiger partial charge in [0.1, 0.15) is 28.9 Å². The maximum Gasteiger partial charge on any atom is 0.142 e. The first-order valence-electron chi connectivity index (χ1n) is 10.7. The lowest BCUT2D eigenvalue weighted by Gasteiger charge is -2.13. The minimum Gasteiger partial charge on any atom is -0.496 e. The molecular formula is C26H29N3O2. The molecule has 0 aliphatic carbocycles. The molecule has 3 aromatic rings. The van der Waals surface area contributed by atoms with Crippen LogP contribution >= 0.6 is 0 Å². The summed E-state index contributed by atoms with van der Waals surface area (Å²) in [6.07, 6.45) is 6.03. The van der Waals surface area contributed by atoms with Crippen LogP contribution in [0.2, 0.25) is 0 Å². The van der Waals surface area contributed by atoms with E-state index >= 15 is 0 Å². The molecule has 0 amide bonds. The number of nitrogen functional groups attached to an aromatic ring is 1. The number of anilines is 1. The molecule has 0 saturated heterocycles. The molecule has 2 N–H and O–H groups in total. The van der Waals surface area contributed by atoms with Crippen LogP contribution in [0.25, 0.3) is 22.4 Å². The third-order valence-electron chi connectivity index (χ3n) is 5.22. The van der Waals surface area contributed by atoms with Gasteiger partial charge in [-0.25, -0.2) is 4.98 Å². The summed E-state index contributed by atoms with van der Waals surface area (Å²) in [5.41, 5.74) is 9.62. The highest BCUT2D eigenvalue weighted by atomic mass is 16.5. The van der Waals surface area contributed by atoms with Gasteiger partial charge in [0.15, 0.2) is 0 Å². The molecule has 0 radical (unpaired) electrons. The van der Waals surface area contributed by atoms with E-state index in [1.54, 1.807) is 7.11 Å². The number of nitrogens with zero attached hydrogens (tertiary/aromatic N) is 2. The van der Waals surface area contributed by atoms with Crippen molar-refractivity contribution >= 4 is 5.82 Å². The average Bonchev–Trinajstić information content (AvgIpc) is 2.81. The Morgan fingerprint density at radius 1 is 0.968 bits per heavy atom. The van der Waals surface area contributed by atoms with E-state index in [1.807, 2.05) is 54.6 Å². The molecule has 0 bridgehead atoms. The molecule has 0 saturated carbocycles. The Kier molecular flexibility index (Phi) is 7.89. The van der Waals surface area contributed by atoms with Crippen LogP contribution in [0.4, 0.5) is 5.82 Å². The molecule has 2 aromatic carbocycles. The quantitative estimate of drug-likeness (QED) is 0.397. The summed E-state index contributed by atoms with van der Waals surface area (Å²) in [4.78, 5) is 4.45. The van der Waals surface area contributed by atoms with Crippen LogP contribution in [0.3, 0.4) is 0 Å². The molecule has 31 heavy (non-hydrogen) atoms. The number of nitriles is 1. The van der Waals surface area contributed by atoms with Crippen LogP contribution < -0.4 is 15.2 Å². The fraction of sp³-hybridized carbons (Fsp3) is 0.308. The molecule has 160 valence electrons. The van der Waals surface area contributed by atoms with Gasteiger partial charge in [0.2, 0.25) is 0 Å². The molecule has 1 heterocycles. The number of ether oxygens (including phenoxy) is 2. The maximum atomic E-state index is 9.66. The number of rotatable bonds is 10. The summed E-state index contributed by atoms with van der Waals surface area (Å²) in [7, 11) is 1.62. The Balaban J connectivity index is 1.83. The predicted molar refractivity (Wildman–Crippen MR) is 125 cm³/mol. The molecular weight excluding hydrogens is 386 g/mol. The van der Waals surface area contributed by atoms with Crippen molar-refractivity contribution in [1.82, 2.24) is 4.98 Å². The van der Waals surface area contributed by atoms with Crippen molar-refractivity contribution in [3.63, 3.8) is 0 Å². The number of unbranched alkanes of at least 4 members (excludes halogenated alkanes) is 4. The number of hydrogen-bond donors (Lipinski definition) is 1. The van der Waals surface area contributed by atoms with Crippen LogP contribution in [0.15, 0.2) is 54.6 Å². The molecule has 0 spiro atoms. The Bertz CT molecular complexity index is 1040. The Morgan fingerprint density at radius 2 is 1.71 bits per heavy atom. The first-order chi connectivity index (χ1) is 15.2. The number of para-hydroxylation sites is 1. The van der Waals surface area contributed by atoms with Gasteiger partial charge >= 0.3 is 0 Å². The first-order valence-corrected chi connectivity index (χ1v) is 10.7. The predicted octanol–water partition coefficient (Wildman–Crippen LogP) is 6.23. The molecule has 3 rings (SSSR count). The Hall–Kier alpha value is -3.52. The van der Waals surface area contributed by atoms with Gasteiger partial charge in [-0.2, -0.15) is 5.26 Å². The van der Waals surface area contributed by atoms with Gasteiger partial charge in [0.05, 0.1) is 19.4 Å². The molecule has 5 nitrogen and oxygen atoms in total. The van der Waals surface area contributed by atoms with E-state index in [4.69, 9.17) is 15.2 Å². The molecule has 0 unspecified atom stereocenters. The lowest BCUT2D eigenvalue weighted by molar-refractivity contribution is 0.304. The Labute approximate surface area is 184 Å². The van der Waals surface area contributed by atoms with Crippen molar-refractivity contribution in [1.29, 1.82) is 5.26 Å². The van der Waals surface area contributed by atoms with Crippen LogP contribution in [0, 0.1) is 11.3 Å². The highest BCUT2D eigenvalue weighted by Crippen LogP contribution is 2.35. The van der Waals surface area contributed by atoms with Crippen LogP contribution in [-0.4, -0.2) is 18.7 Å². The van der Waals surface area contributed by atoms with Gasteiger partial charge in [-0.3, -0.25) is 0 Å². The molecule has 0 aliphatic heterocycles. The van der Waals surface area contributed by atoms with E-state index in [0.29, 0.717) is 23.6 Å². The zero-order valence-corrected chi connectivity index (χ0v) is 18.2. The van der Waals surface area contributed by atoms with Gasteiger partial charge in [0, 0.05) is 11.1 Å². The second kappa shape index (κ2) is 11.0. The molecule has 0 fully saturated rings. The zero-order chi connectivity index (χ0) is 22.1. The smallest absolute Gasteiger partial charge is 0.142 e. The fourth-order valence-corrected chi connectivity index (χ4v) is 3.53. The first kappa shape index (κ1) is 22.2. The summed E-state index contributed by atoms with van der Waals surface area (Å²) < 4.78 is 11.3. The number of methoxy groups -OCH3 is 1. The summed E-state index contributed by atoms with van der Waals surface area (Å²) in [5, 5.41) is 9.66. The van der Waals surface area contributed by atoms with Crippen molar-refractivity contribution in [2.75, 3.05) is 19.5 Å². The van der Waals surface area contributed by atoms with E-state index in [0.717, 1.165) is 28.9 Å². The number of pyridine rings is 1. The van der Waals surface area contributed by atoms with E-state index in [9.17, 15) is 5.26 Å². The summed E-state index contributed by atoms with van der Waals surface area (Å²) in [6.45, 7) is 2.93. The maximum absolute atomic E-state index is 9.66. The van der Waals surface area contributed by atoms with Crippen molar-refractivity contribution in [2.45, 2.75) is 39.0 Å². The molecule has 0 atom stereocenters. The molecule has 0 aliphatic rings. The van der Waals surface area contributed by atoms with E-state index < -0.39 is 0 Å². The largest absolute Gasteiger partial charge is 0.496 e. The lowest BCUT2D eigenvalue weighted by Crippen LogP contribution is -2.01. The highest BCUT2D eigenvalue weighted by molar-refractivity contribution is 5.81. The lowest BCUT2D eigenvalue weighted by atomic mass is 9.98. The zero-order valence-electron chi connectivity index (χ0n) is 18.2. The SMILES string of the molecule is CCCCCCCOc1ccc(-c2cc(-c3ccccc3OC)nc(N)c2C#N)cc1. The fourth-order valence-electron chi connectivity index (χ4n) is 3.53. The van der Waals surface area contributed by atoms with Crippen molar-refractivity contribution in [3.05, 3.63) is 60.2 Å². The van der Waals surface area contributed by atoms with Gasteiger partial charge in [0.25, 0.3) is 0 Å². The number of hydrogen-bond acceptors (Lipinski definition) is 5. The van der Waals surface area contributed by atoms with Crippen LogP contribution in [0.5, 0.6) is 11.5 Å². The number of benzene rings is 2. The summed E-state index contributed by atoms with van der Waals surface area (Å²) in [6, 6.07) is 19.5. The minimum atomic E-state index is 0.202. The van der Waals surface area contributed by atoms with Crippen LogP contribution in [0.1, 0.15) is 44.6 Å². The monoisotopic (exact) mass is 415 g/mol. The summed E-state index contributed by atoms with van der Waals surface area (Å²) in [5.74, 6) is 1.73. The van der Waals surface area contributed by atoms with Gasteiger partial charge in [-0.15, -0.1) is 0 Å². The van der Waals surface area contributed by atoms with Crippen LogP contribution in [-0.2, 0) is 0 Å². The Morgan fingerprint density at radius 3 is 2.42 bits per heavy atom. The molecule has 1 aromatic heterocycles.